The maximum Gasteiger partial charge on any atom is 0.243 e. The van der Waals surface area contributed by atoms with Crippen LogP contribution in [0.4, 0.5) is 14.5 Å². The summed E-state index contributed by atoms with van der Waals surface area (Å²) in [4.78, 5) is 1.89. The molecule has 2 aromatic rings. The Hall–Kier alpha value is -1.99. The SMILES string of the molecule is O=S(=O)(NCCCc1ccc(N2CCCCCC2)cc1)c1ccc(F)cc1F. The minimum atomic E-state index is -3.99. The van der Waals surface area contributed by atoms with Crippen LogP contribution in [-0.2, 0) is 16.4 Å². The Kier molecular flexibility index (Phi) is 7.02. The molecule has 1 saturated heterocycles. The maximum atomic E-state index is 13.7. The van der Waals surface area contributed by atoms with Gasteiger partial charge in [-0.15, -0.1) is 0 Å². The number of nitrogens with zero attached hydrogens (tertiary/aromatic N) is 1. The van der Waals surface area contributed by atoms with E-state index in [9.17, 15) is 17.2 Å². The zero-order valence-electron chi connectivity index (χ0n) is 15.8. The monoisotopic (exact) mass is 408 g/mol. The van der Waals surface area contributed by atoms with Crippen LogP contribution in [0.3, 0.4) is 0 Å². The molecule has 0 spiro atoms. The van der Waals surface area contributed by atoms with E-state index in [2.05, 4.69) is 33.9 Å². The van der Waals surface area contributed by atoms with Crippen molar-refractivity contribution in [1.82, 2.24) is 4.72 Å². The second kappa shape index (κ2) is 9.47. The summed E-state index contributed by atoms with van der Waals surface area (Å²) in [6.45, 7) is 2.38. The first-order valence-electron chi connectivity index (χ1n) is 9.74. The first-order chi connectivity index (χ1) is 13.5. The molecular weight excluding hydrogens is 382 g/mol. The number of rotatable bonds is 7. The number of nitrogens with one attached hydrogen (secondary N) is 1. The van der Waals surface area contributed by atoms with Gasteiger partial charge in [0.15, 0.2) is 0 Å². The Morgan fingerprint density at radius 2 is 1.61 bits per heavy atom. The minimum absolute atomic E-state index is 0.188. The summed E-state index contributed by atoms with van der Waals surface area (Å²) in [5, 5.41) is 0. The van der Waals surface area contributed by atoms with E-state index in [-0.39, 0.29) is 6.54 Å². The summed E-state index contributed by atoms with van der Waals surface area (Å²) >= 11 is 0. The van der Waals surface area contributed by atoms with Crippen LogP contribution in [0.1, 0.15) is 37.7 Å². The molecule has 0 radical (unpaired) electrons. The van der Waals surface area contributed by atoms with Crippen LogP contribution in [0.15, 0.2) is 47.4 Å². The van der Waals surface area contributed by atoms with Crippen molar-refractivity contribution in [3.63, 3.8) is 0 Å². The van der Waals surface area contributed by atoms with E-state index < -0.39 is 26.6 Å². The smallest absolute Gasteiger partial charge is 0.243 e. The number of benzene rings is 2. The molecule has 1 fully saturated rings. The van der Waals surface area contributed by atoms with E-state index in [1.807, 2.05) is 0 Å². The molecule has 1 N–H and O–H groups in total. The highest BCUT2D eigenvalue weighted by molar-refractivity contribution is 7.89. The fourth-order valence-corrected chi connectivity index (χ4v) is 4.60. The van der Waals surface area contributed by atoms with E-state index in [1.165, 1.54) is 31.4 Å². The van der Waals surface area contributed by atoms with Crippen LogP contribution in [0.25, 0.3) is 0 Å². The Bertz CT molecular complexity index is 878. The van der Waals surface area contributed by atoms with Crippen LogP contribution < -0.4 is 9.62 Å². The van der Waals surface area contributed by atoms with Gasteiger partial charge in [-0.05, 0) is 55.5 Å². The molecule has 3 rings (SSSR count). The van der Waals surface area contributed by atoms with Gasteiger partial charge in [0.05, 0.1) is 0 Å². The Morgan fingerprint density at radius 3 is 2.25 bits per heavy atom. The Labute approximate surface area is 165 Å². The zero-order valence-corrected chi connectivity index (χ0v) is 16.6. The molecule has 0 aliphatic carbocycles. The molecule has 1 aliphatic rings. The number of hydrogen-bond acceptors (Lipinski definition) is 3. The van der Waals surface area contributed by atoms with Gasteiger partial charge in [-0.3, -0.25) is 0 Å². The molecule has 28 heavy (non-hydrogen) atoms. The van der Waals surface area contributed by atoms with Crippen molar-refractivity contribution in [2.24, 2.45) is 0 Å². The summed E-state index contributed by atoms with van der Waals surface area (Å²) in [5.74, 6) is -1.89. The van der Waals surface area contributed by atoms with Crippen LogP contribution in [-0.4, -0.2) is 28.1 Å². The first-order valence-corrected chi connectivity index (χ1v) is 11.2. The van der Waals surface area contributed by atoms with Crippen LogP contribution >= 0.6 is 0 Å². The molecule has 4 nitrogen and oxygen atoms in total. The Balaban J connectivity index is 1.49. The van der Waals surface area contributed by atoms with Crippen molar-refractivity contribution >= 4 is 15.7 Å². The average molecular weight is 409 g/mol. The molecular formula is C21H26F2N2O2S. The summed E-state index contributed by atoms with van der Waals surface area (Å²) in [6, 6.07) is 10.8. The van der Waals surface area contributed by atoms with Gasteiger partial charge < -0.3 is 4.90 Å². The molecule has 0 unspecified atom stereocenters. The fraction of sp³-hybridized carbons (Fsp3) is 0.429. The van der Waals surface area contributed by atoms with Crippen LogP contribution in [0.2, 0.25) is 0 Å². The summed E-state index contributed by atoms with van der Waals surface area (Å²) in [6.07, 6.45) is 6.37. The van der Waals surface area contributed by atoms with Gasteiger partial charge in [0.1, 0.15) is 16.5 Å². The van der Waals surface area contributed by atoms with E-state index in [1.54, 1.807) is 0 Å². The third-order valence-corrected chi connectivity index (χ3v) is 6.52. The summed E-state index contributed by atoms with van der Waals surface area (Å²) in [7, 11) is -3.99. The molecule has 0 aromatic heterocycles. The second-order valence-corrected chi connectivity index (χ2v) is 8.88. The van der Waals surface area contributed by atoms with Gasteiger partial charge in [-0.25, -0.2) is 21.9 Å². The van der Waals surface area contributed by atoms with Crippen molar-refractivity contribution < 1.29 is 17.2 Å². The van der Waals surface area contributed by atoms with E-state index in [0.29, 0.717) is 18.9 Å². The molecule has 152 valence electrons. The highest BCUT2D eigenvalue weighted by atomic mass is 32.2. The van der Waals surface area contributed by atoms with Crippen molar-refractivity contribution in [2.75, 3.05) is 24.5 Å². The lowest BCUT2D eigenvalue weighted by Gasteiger charge is -2.22. The quantitative estimate of drug-likeness (QED) is 0.697. The number of hydrogen-bond donors (Lipinski definition) is 1. The molecule has 0 atom stereocenters. The topological polar surface area (TPSA) is 49.4 Å². The highest BCUT2D eigenvalue weighted by Crippen LogP contribution is 2.20. The third kappa shape index (κ3) is 5.52. The normalized spacial score (nSPS) is 15.4. The van der Waals surface area contributed by atoms with Crippen molar-refractivity contribution in [3.05, 3.63) is 59.7 Å². The zero-order chi connectivity index (χ0) is 20.0. The van der Waals surface area contributed by atoms with Gasteiger partial charge in [0.2, 0.25) is 10.0 Å². The predicted octanol–water partition coefficient (Wildman–Crippen LogP) is 4.26. The predicted molar refractivity (Wildman–Crippen MR) is 107 cm³/mol. The lowest BCUT2D eigenvalue weighted by atomic mass is 10.1. The summed E-state index contributed by atoms with van der Waals surface area (Å²) in [5.41, 5.74) is 2.36. The largest absolute Gasteiger partial charge is 0.372 e. The first kappa shape index (κ1) is 20.7. The highest BCUT2D eigenvalue weighted by Gasteiger charge is 2.18. The molecule has 2 aromatic carbocycles. The van der Waals surface area contributed by atoms with E-state index in [4.69, 9.17) is 0 Å². The third-order valence-electron chi connectivity index (χ3n) is 5.03. The summed E-state index contributed by atoms with van der Waals surface area (Å²) < 4.78 is 53.3. The Morgan fingerprint density at radius 1 is 0.929 bits per heavy atom. The van der Waals surface area contributed by atoms with Gasteiger partial charge >= 0.3 is 0 Å². The standard InChI is InChI=1S/C21H26F2N2O2S/c22-18-9-12-21(20(23)16-18)28(26,27)24-13-5-6-17-7-10-19(11-8-17)25-14-3-1-2-4-15-25/h7-12,16,24H,1-6,13-15H2. The van der Waals surface area contributed by atoms with Crippen molar-refractivity contribution in [3.8, 4) is 0 Å². The van der Waals surface area contributed by atoms with Crippen LogP contribution in [0, 0.1) is 11.6 Å². The molecule has 0 amide bonds. The number of halogens is 2. The molecule has 0 saturated carbocycles. The number of sulfonamides is 1. The van der Waals surface area contributed by atoms with E-state index in [0.717, 1.165) is 30.8 Å². The number of aryl methyl sites for hydroxylation is 1. The average Bonchev–Trinajstić information content (AvgIpc) is 2.95. The molecule has 0 bridgehead atoms. The molecule has 7 heteroatoms. The fourth-order valence-electron chi connectivity index (χ4n) is 3.47. The van der Waals surface area contributed by atoms with Crippen LogP contribution in [0.5, 0.6) is 0 Å². The number of anilines is 1. The minimum Gasteiger partial charge on any atom is -0.372 e. The lowest BCUT2D eigenvalue weighted by molar-refractivity contribution is 0.542. The van der Waals surface area contributed by atoms with Crippen molar-refractivity contribution in [1.29, 1.82) is 0 Å². The molecule has 1 heterocycles. The molecule has 1 aliphatic heterocycles. The van der Waals surface area contributed by atoms with Gasteiger partial charge in [-0.1, -0.05) is 25.0 Å². The van der Waals surface area contributed by atoms with Crippen molar-refractivity contribution in [2.45, 2.75) is 43.4 Å². The van der Waals surface area contributed by atoms with E-state index >= 15 is 0 Å². The van der Waals surface area contributed by atoms with Gasteiger partial charge in [0.25, 0.3) is 0 Å². The maximum absolute atomic E-state index is 13.7. The van der Waals surface area contributed by atoms with Gasteiger partial charge in [-0.2, -0.15) is 0 Å². The van der Waals surface area contributed by atoms with Gasteiger partial charge in [0, 0.05) is 31.4 Å². The second-order valence-electron chi connectivity index (χ2n) is 7.14. The lowest BCUT2D eigenvalue weighted by Crippen LogP contribution is -2.26.